The van der Waals surface area contributed by atoms with Crippen molar-refractivity contribution in [2.75, 3.05) is 11.4 Å². The summed E-state index contributed by atoms with van der Waals surface area (Å²) in [7, 11) is 0. The Morgan fingerprint density at radius 1 is 1.12 bits per heavy atom. The predicted molar refractivity (Wildman–Crippen MR) is 68.0 cm³/mol. The lowest BCUT2D eigenvalue weighted by molar-refractivity contribution is 0.336. The molecule has 2 atom stereocenters. The first-order chi connectivity index (χ1) is 8.42. The molecule has 1 saturated heterocycles. The highest BCUT2D eigenvalue weighted by Gasteiger charge is 2.42. The molecule has 17 heavy (non-hydrogen) atoms. The molecule has 2 fully saturated rings. The van der Waals surface area contributed by atoms with Crippen LogP contribution in [0.4, 0.5) is 5.82 Å². The molecule has 1 aliphatic carbocycles. The Labute approximate surface area is 100 Å². The second-order valence-corrected chi connectivity index (χ2v) is 5.13. The first-order valence-corrected chi connectivity index (χ1v) is 6.40. The van der Waals surface area contributed by atoms with E-state index in [9.17, 15) is 0 Å². The van der Waals surface area contributed by atoms with Gasteiger partial charge in [-0.1, -0.05) is 18.6 Å². The number of fused-ring (bicyclic) bond motifs is 2. The SMILES string of the molecule is c1ccc2nc(N3C[C@@H]4CCC[C@@H]43)cnc2c1. The summed E-state index contributed by atoms with van der Waals surface area (Å²) in [6, 6.07) is 8.83. The van der Waals surface area contributed by atoms with E-state index in [1.54, 1.807) is 0 Å². The van der Waals surface area contributed by atoms with E-state index in [4.69, 9.17) is 4.98 Å². The van der Waals surface area contributed by atoms with Gasteiger partial charge in [0.05, 0.1) is 17.2 Å². The van der Waals surface area contributed by atoms with Crippen LogP contribution in [0.1, 0.15) is 19.3 Å². The third-order valence-corrected chi connectivity index (χ3v) is 4.18. The highest BCUT2D eigenvalue weighted by Crippen LogP contribution is 2.41. The molecular formula is C14H15N3. The molecule has 1 aromatic heterocycles. The number of anilines is 1. The zero-order chi connectivity index (χ0) is 11.2. The fourth-order valence-electron chi connectivity index (χ4n) is 3.24. The van der Waals surface area contributed by atoms with Gasteiger partial charge in [0.15, 0.2) is 0 Å². The van der Waals surface area contributed by atoms with Gasteiger partial charge in [-0.3, -0.25) is 4.98 Å². The summed E-state index contributed by atoms with van der Waals surface area (Å²) in [6.07, 6.45) is 6.05. The molecular weight excluding hydrogens is 210 g/mol. The molecule has 3 nitrogen and oxygen atoms in total. The monoisotopic (exact) mass is 225 g/mol. The average molecular weight is 225 g/mol. The smallest absolute Gasteiger partial charge is 0.148 e. The van der Waals surface area contributed by atoms with Crippen molar-refractivity contribution < 1.29 is 0 Å². The lowest BCUT2D eigenvalue weighted by Gasteiger charge is -2.45. The van der Waals surface area contributed by atoms with Crippen LogP contribution < -0.4 is 4.90 Å². The number of para-hydroxylation sites is 2. The molecule has 0 radical (unpaired) electrons. The van der Waals surface area contributed by atoms with Crippen molar-refractivity contribution in [3.63, 3.8) is 0 Å². The molecule has 2 heterocycles. The van der Waals surface area contributed by atoms with E-state index < -0.39 is 0 Å². The van der Waals surface area contributed by atoms with Crippen LogP contribution >= 0.6 is 0 Å². The van der Waals surface area contributed by atoms with E-state index in [-0.39, 0.29) is 0 Å². The highest BCUT2D eigenvalue weighted by atomic mass is 15.3. The number of hydrogen-bond donors (Lipinski definition) is 0. The summed E-state index contributed by atoms with van der Waals surface area (Å²) < 4.78 is 0. The van der Waals surface area contributed by atoms with Gasteiger partial charge >= 0.3 is 0 Å². The van der Waals surface area contributed by atoms with Gasteiger partial charge < -0.3 is 4.90 Å². The maximum absolute atomic E-state index is 4.72. The molecule has 86 valence electrons. The molecule has 1 aromatic carbocycles. The molecule has 2 aromatic rings. The van der Waals surface area contributed by atoms with Crippen molar-refractivity contribution in [3.8, 4) is 0 Å². The number of nitrogens with zero attached hydrogens (tertiary/aromatic N) is 3. The van der Waals surface area contributed by atoms with Gasteiger partial charge in [-0.15, -0.1) is 0 Å². The Morgan fingerprint density at radius 3 is 2.88 bits per heavy atom. The Hall–Kier alpha value is -1.64. The first-order valence-electron chi connectivity index (χ1n) is 6.40. The quantitative estimate of drug-likeness (QED) is 0.747. The molecule has 0 spiro atoms. The summed E-state index contributed by atoms with van der Waals surface area (Å²) >= 11 is 0. The topological polar surface area (TPSA) is 29.0 Å². The van der Waals surface area contributed by atoms with Crippen LogP contribution in [0, 0.1) is 5.92 Å². The van der Waals surface area contributed by atoms with Gasteiger partial charge in [-0.25, -0.2) is 4.98 Å². The van der Waals surface area contributed by atoms with Crippen LogP contribution in [0.15, 0.2) is 30.5 Å². The summed E-state index contributed by atoms with van der Waals surface area (Å²) in [5.74, 6) is 1.98. The molecule has 0 N–H and O–H groups in total. The Bertz CT molecular complexity index is 566. The summed E-state index contributed by atoms with van der Waals surface area (Å²) in [6.45, 7) is 1.18. The summed E-state index contributed by atoms with van der Waals surface area (Å²) in [5, 5.41) is 0. The van der Waals surface area contributed by atoms with Crippen LogP contribution in [0.2, 0.25) is 0 Å². The second-order valence-electron chi connectivity index (χ2n) is 5.13. The minimum absolute atomic E-state index is 0.741. The molecule has 0 unspecified atom stereocenters. The zero-order valence-corrected chi connectivity index (χ0v) is 9.71. The number of hydrogen-bond acceptors (Lipinski definition) is 3. The summed E-state index contributed by atoms with van der Waals surface area (Å²) in [4.78, 5) is 11.6. The molecule has 0 bridgehead atoms. The van der Waals surface area contributed by atoms with Crippen LogP contribution in [-0.2, 0) is 0 Å². The minimum Gasteiger partial charge on any atom is -0.352 e. The van der Waals surface area contributed by atoms with E-state index in [2.05, 4.69) is 9.88 Å². The molecule has 3 heteroatoms. The third kappa shape index (κ3) is 1.35. The molecule has 0 amide bonds. The molecule has 4 rings (SSSR count). The van der Waals surface area contributed by atoms with E-state index in [0.717, 1.165) is 28.8 Å². The maximum atomic E-state index is 4.72. The fraction of sp³-hybridized carbons (Fsp3) is 0.429. The van der Waals surface area contributed by atoms with E-state index in [1.165, 1.54) is 25.8 Å². The van der Waals surface area contributed by atoms with E-state index in [1.807, 2.05) is 30.5 Å². The standard InChI is InChI=1S/C14H15N3/c1-2-6-12-11(5-1)15-8-14(16-12)17-9-10-4-3-7-13(10)17/h1-2,5-6,8,10,13H,3-4,7,9H2/t10-,13-/m0/s1. The zero-order valence-electron chi connectivity index (χ0n) is 9.71. The van der Waals surface area contributed by atoms with Gasteiger partial charge in [0.25, 0.3) is 0 Å². The van der Waals surface area contributed by atoms with Crippen molar-refractivity contribution in [2.24, 2.45) is 5.92 Å². The lowest BCUT2D eigenvalue weighted by Crippen LogP contribution is -2.53. The van der Waals surface area contributed by atoms with Crippen LogP contribution in [-0.4, -0.2) is 22.6 Å². The Balaban J connectivity index is 1.72. The van der Waals surface area contributed by atoms with Crippen LogP contribution in [0.5, 0.6) is 0 Å². The lowest BCUT2D eigenvalue weighted by atomic mass is 9.92. The minimum atomic E-state index is 0.741. The maximum Gasteiger partial charge on any atom is 0.148 e. The van der Waals surface area contributed by atoms with Gasteiger partial charge in [-0.05, 0) is 30.9 Å². The van der Waals surface area contributed by atoms with Gasteiger partial charge in [-0.2, -0.15) is 0 Å². The fourth-order valence-corrected chi connectivity index (χ4v) is 3.24. The summed E-state index contributed by atoms with van der Waals surface area (Å²) in [5.41, 5.74) is 1.99. The van der Waals surface area contributed by atoms with Gasteiger partial charge in [0.2, 0.25) is 0 Å². The van der Waals surface area contributed by atoms with Crippen molar-refractivity contribution in [1.82, 2.24) is 9.97 Å². The Morgan fingerprint density at radius 2 is 2.00 bits per heavy atom. The van der Waals surface area contributed by atoms with Crippen LogP contribution in [0.25, 0.3) is 11.0 Å². The van der Waals surface area contributed by atoms with Crippen molar-refractivity contribution >= 4 is 16.9 Å². The van der Waals surface area contributed by atoms with Crippen molar-refractivity contribution in [2.45, 2.75) is 25.3 Å². The van der Waals surface area contributed by atoms with Crippen molar-refractivity contribution in [1.29, 1.82) is 0 Å². The average Bonchev–Trinajstić information content (AvgIpc) is 2.71. The first kappa shape index (κ1) is 9.40. The van der Waals surface area contributed by atoms with Gasteiger partial charge in [0, 0.05) is 12.6 Å². The van der Waals surface area contributed by atoms with Crippen LogP contribution in [0.3, 0.4) is 0 Å². The van der Waals surface area contributed by atoms with Gasteiger partial charge in [0.1, 0.15) is 5.82 Å². The molecule has 1 aliphatic heterocycles. The van der Waals surface area contributed by atoms with Crippen molar-refractivity contribution in [3.05, 3.63) is 30.5 Å². The Kier molecular flexibility index (Phi) is 1.89. The third-order valence-electron chi connectivity index (χ3n) is 4.18. The predicted octanol–water partition coefficient (Wildman–Crippen LogP) is 2.62. The van der Waals surface area contributed by atoms with E-state index in [0.29, 0.717) is 0 Å². The largest absolute Gasteiger partial charge is 0.352 e. The van der Waals surface area contributed by atoms with E-state index >= 15 is 0 Å². The molecule has 1 saturated carbocycles. The second kappa shape index (κ2) is 3.42. The molecule has 2 aliphatic rings. The highest BCUT2D eigenvalue weighted by molar-refractivity contribution is 5.75. The normalized spacial score (nSPS) is 26.9. The number of aromatic nitrogens is 2. The number of rotatable bonds is 1. The number of benzene rings is 1.